The number of hydrogen-bond acceptors (Lipinski definition) is 3. The summed E-state index contributed by atoms with van der Waals surface area (Å²) in [7, 11) is 0. The Labute approximate surface area is 237 Å². The van der Waals surface area contributed by atoms with Crippen LogP contribution in [0.2, 0.25) is 0 Å². The van der Waals surface area contributed by atoms with Gasteiger partial charge in [-0.15, -0.1) is 13.2 Å². The lowest BCUT2D eigenvalue weighted by molar-refractivity contribution is -0.274. The maximum absolute atomic E-state index is 14.3. The van der Waals surface area contributed by atoms with E-state index in [0.29, 0.717) is 16.5 Å². The van der Waals surface area contributed by atoms with Crippen molar-refractivity contribution in [2.24, 2.45) is 0 Å². The Hall–Kier alpha value is -5.12. The minimum atomic E-state index is -4.79. The van der Waals surface area contributed by atoms with Crippen LogP contribution in [0.4, 0.5) is 17.6 Å². The Morgan fingerprint density at radius 1 is 0.881 bits per heavy atom. The number of fused-ring (bicyclic) bond motifs is 1. The molecule has 5 rings (SSSR count). The fourth-order valence-corrected chi connectivity index (χ4v) is 4.86. The summed E-state index contributed by atoms with van der Waals surface area (Å²) in [5.74, 6) is -2.55. The lowest BCUT2D eigenvalue weighted by atomic mass is 9.83. The number of aliphatic carboxylic acids is 1. The molecule has 0 fully saturated rings. The van der Waals surface area contributed by atoms with E-state index in [4.69, 9.17) is 5.11 Å². The highest BCUT2D eigenvalue weighted by molar-refractivity contribution is 5.94. The van der Waals surface area contributed by atoms with Gasteiger partial charge >= 0.3 is 12.3 Å². The van der Waals surface area contributed by atoms with Crippen molar-refractivity contribution in [3.63, 3.8) is 0 Å². The molecule has 4 aromatic carbocycles. The number of H-pyrrole nitrogens is 1. The number of alkyl halides is 3. The average Bonchev–Trinajstić information content (AvgIpc) is 3.35. The van der Waals surface area contributed by atoms with E-state index in [2.05, 4.69) is 15.0 Å². The van der Waals surface area contributed by atoms with Crippen LogP contribution in [-0.4, -0.2) is 34.9 Å². The molecule has 0 aliphatic heterocycles. The molecule has 0 aliphatic rings. The van der Waals surface area contributed by atoms with Gasteiger partial charge in [-0.3, -0.25) is 9.59 Å². The quantitative estimate of drug-likeness (QED) is 0.161. The zero-order valence-corrected chi connectivity index (χ0v) is 21.9. The van der Waals surface area contributed by atoms with Gasteiger partial charge in [0.05, 0.1) is 6.42 Å². The van der Waals surface area contributed by atoms with Gasteiger partial charge in [-0.05, 0) is 70.3 Å². The van der Waals surface area contributed by atoms with Crippen molar-refractivity contribution in [2.45, 2.75) is 18.7 Å². The minimum absolute atomic E-state index is 0.00442. The van der Waals surface area contributed by atoms with E-state index < -0.39 is 30.0 Å². The summed E-state index contributed by atoms with van der Waals surface area (Å²) in [6, 6.07) is 24.3. The zero-order valence-electron chi connectivity index (χ0n) is 21.9. The number of ether oxygens (including phenoxy) is 1. The Kier molecular flexibility index (Phi) is 7.97. The first kappa shape index (κ1) is 28.4. The van der Waals surface area contributed by atoms with E-state index in [1.807, 2.05) is 24.3 Å². The Balaban J connectivity index is 1.52. The van der Waals surface area contributed by atoms with Crippen molar-refractivity contribution in [1.29, 1.82) is 0 Å². The molecule has 1 atom stereocenters. The van der Waals surface area contributed by atoms with E-state index in [1.165, 1.54) is 36.4 Å². The standard InChI is InChI=1S/C32H24F4N2O4/c33-24-10-13-28-26(17-24)27(18-38-28)30(20-4-6-21(7-5-20)31(41)37-15-14-29(39)40)23-3-1-2-22(16-23)19-8-11-25(12-9-19)42-32(34,35)36/h1-13,16-18,30,38H,14-15H2,(H,37,41)(H,39,40). The van der Waals surface area contributed by atoms with Gasteiger partial charge in [0.25, 0.3) is 5.91 Å². The third-order valence-corrected chi connectivity index (χ3v) is 6.76. The molecule has 0 saturated heterocycles. The molecule has 0 spiro atoms. The summed E-state index contributed by atoms with van der Waals surface area (Å²) in [6.45, 7) is -0.00442. The summed E-state index contributed by atoms with van der Waals surface area (Å²) in [5, 5.41) is 12.1. The number of nitrogens with one attached hydrogen (secondary N) is 2. The van der Waals surface area contributed by atoms with Crippen molar-refractivity contribution < 1.29 is 37.0 Å². The molecule has 214 valence electrons. The SMILES string of the molecule is O=C(O)CCNC(=O)c1ccc(C(c2cccc(-c3ccc(OC(F)(F)F)cc3)c2)c2c[nH]c3ccc(F)cc23)cc1. The monoisotopic (exact) mass is 576 g/mol. The molecule has 0 bridgehead atoms. The van der Waals surface area contributed by atoms with Crippen molar-refractivity contribution in [2.75, 3.05) is 6.54 Å². The highest BCUT2D eigenvalue weighted by Crippen LogP contribution is 2.38. The van der Waals surface area contributed by atoms with Crippen LogP contribution in [0.15, 0.2) is 97.2 Å². The van der Waals surface area contributed by atoms with Crippen molar-refractivity contribution in [3.8, 4) is 16.9 Å². The first-order chi connectivity index (χ1) is 20.1. The Morgan fingerprint density at radius 2 is 1.62 bits per heavy atom. The van der Waals surface area contributed by atoms with Crippen molar-refractivity contribution in [1.82, 2.24) is 10.3 Å². The number of carbonyl (C=O) groups excluding carboxylic acids is 1. The smallest absolute Gasteiger partial charge is 0.481 e. The second-order valence-corrected chi connectivity index (χ2v) is 9.59. The molecule has 1 heterocycles. The number of carbonyl (C=O) groups is 2. The summed E-state index contributed by atoms with van der Waals surface area (Å²) in [6.07, 6.45) is -3.18. The number of aromatic nitrogens is 1. The summed E-state index contributed by atoms with van der Waals surface area (Å²) >= 11 is 0. The molecule has 3 N–H and O–H groups in total. The molecule has 1 amide bonds. The molecular weight excluding hydrogens is 552 g/mol. The van der Waals surface area contributed by atoms with Crippen molar-refractivity contribution in [3.05, 3.63) is 125 Å². The van der Waals surface area contributed by atoms with Gasteiger partial charge in [0.15, 0.2) is 0 Å². The first-order valence-electron chi connectivity index (χ1n) is 12.9. The number of aromatic amines is 1. The second-order valence-electron chi connectivity index (χ2n) is 9.59. The van der Waals surface area contributed by atoms with Crippen LogP contribution in [0, 0.1) is 5.82 Å². The Bertz CT molecular complexity index is 1730. The number of carboxylic acid groups (broad SMARTS) is 1. The van der Waals surface area contributed by atoms with Gasteiger partial charge in [0, 0.05) is 35.1 Å². The number of amides is 1. The van der Waals surface area contributed by atoms with Gasteiger partial charge in [0.2, 0.25) is 0 Å². The first-order valence-corrected chi connectivity index (χ1v) is 12.9. The van der Waals surface area contributed by atoms with E-state index >= 15 is 0 Å². The molecule has 42 heavy (non-hydrogen) atoms. The highest BCUT2D eigenvalue weighted by Gasteiger charge is 2.31. The van der Waals surface area contributed by atoms with Crippen molar-refractivity contribution >= 4 is 22.8 Å². The van der Waals surface area contributed by atoms with E-state index in [1.54, 1.807) is 36.5 Å². The molecule has 0 saturated carbocycles. The normalized spacial score (nSPS) is 12.2. The third kappa shape index (κ3) is 6.60. The van der Waals surface area contributed by atoms with E-state index in [9.17, 15) is 27.2 Å². The number of halogens is 4. The van der Waals surface area contributed by atoms with E-state index in [0.717, 1.165) is 27.8 Å². The molecule has 5 aromatic rings. The summed E-state index contributed by atoms with van der Waals surface area (Å²) in [4.78, 5) is 26.4. The van der Waals surface area contributed by atoms with Crippen LogP contribution in [0.3, 0.4) is 0 Å². The molecular formula is C32H24F4N2O4. The lowest BCUT2D eigenvalue weighted by Gasteiger charge is -2.20. The van der Waals surface area contributed by atoms with Gasteiger partial charge in [-0.1, -0.05) is 48.5 Å². The van der Waals surface area contributed by atoms with Crippen LogP contribution in [0.25, 0.3) is 22.0 Å². The van der Waals surface area contributed by atoms with Gasteiger partial charge in [-0.25, -0.2) is 4.39 Å². The number of hydrogen-bond donors (Lipinski definition) is 3. The van der Waals surface area contributed by atoms with Gasteiger partial charge in [0.1, 0.15) is 11.6 Å². The number of carboxylic acids is 1. The molecule has 1 unspecified atom stereocenters. The fourth-order valence-electron chi connectivity index (χ4n) is 4.86. The van der Waals surface area contributed by atoms with Crippen LogP contribution in [-0.2, 0) is 4.79 Å². The minimum Gasteiger partial charge on any atom is -0.481 e. The average molecular weight is 577 g/mol. The maximum Gasteiger partial charge on any atom is 0.573 e. The van der Waals surface area contributed by atoms with Crippen LogP contribution in [0.1, 0.15) is 39.4 Å². The maximum atomic E-state index is 14.3. The number of benzene rings is 4. The molecule has 1 aromatic heterocycles. The van der Waals surface area contributed by atoms with E-state index in [-0.39, 0.29) is 18.7 Å². The number of rotatable bonds is 9. The fraction of sp³-hybridized carbons (Fsp3) is 0.125. The molecule has 6 nitrogen and oxygen atoms in total. The molecule has 0 aliphatic carbocycles. The van der Waals surface area contributed by atoms with Gasteiger partial charge in [-0.2, -0.15) is 0 Å². The highest BCUT2D eigenvalue weighted by atomic mass is 19.4. The largest absolute Gasteiger partial charge is 0.573 e. The zero-order chi connectivity index (χ0) is 29.9. The van der Waals surface area contributed by atoms with Gasteiger partial charge < -0.3 is 20.1 Å². The topological polar surface area (TPSA) is 91.4 Å². The predicted molar refractivity (Wildman–Crippen MR) is 149 cm³/mol. The summed E-state index contributed by atoms with van der Waals surface area (Å²) < 4.78 is 56.1. The predicted octanol–water partition coefficient (Wildman–Crippen LogP) is 7.26. The lowest BCUT2D eigenvalue weighted by Crippen LogP contribution is -2.25. The molecule has 10 heteroatoms. The second kappa shape index (κ2) is 11.8. The van der Waals surface area contributed by atoms with Crippen LogP contribution >= 0.6 is 0 Å². The third-order valence-electron chi connectivity index (χ3n) is 6.76. The summed E-state index contributed by atoms with van der Waals surface area (Å²) in [5.41, 5.74) is 4.92. The van der Waals surface area contributed by atoms with Crippen LogP contribution < -0.4 is 10.1 Å². The Morgan fingerprint density at radius 3 is 2.31 bits per heavy atom. The van der Waals surface area contributed by atoms with Crippen LogP contribution in [0.5, 0.6) is 5.75 Å². The molecule has 0 radical (unpaired) electrons.